The van der Waals surface area contributed by atoms with E-state index in [0.29, 0.717) is 18.3 Å². The van der Waals surface area contributed by atoms with Crippen molar-refractivity contribution < 1.29 is 14.4 Å². The number of amides is 1. The Bertz CT molecular complexity index is 458. The number of rotatable bonds is 6. The Morgan fingerprint density at radius 2 is 2.21 bits per heavy atom. The van der Waals surface area contributed by atoms with E-state index in [1.807, 2.05) is 32.0 Å². The van der Waals surface area contributed by atoms with Crippen molar-refractivity contribution >= 4 is 27.9 Å². The molecular formula is C14H18BrNO3. The third kappa shape index (κ3) is 5.89. The standard InChI is InChI=1S/C14H18BrNO3/c1-10(2)9-19-16-14(17)7-4-11-8-12(15)5-6-13(11)18-3/h4-8,10H,9H2,1-3H3,(H,16,17)/b7-4+. The summed E-state index contributed by atoms with van der Waals surface area (Å²) < 4.78 is 6.13. The van der Waals surface area contributed by atoms with Gasteiger partial charge in [-0.2, -0.15) is 0 Å². The van der Waals surface area contributed by atoms with E-state index in [1.165, 1.54) is 6.08 Å². The van der Waals surface area contributed by atoms with Crippen molar-refractivity contribution in [1.82, 2.24) is 5.48 Å². The monoisotopic (exact) mass is 327 g/mol. The quantitative estimate of drug-likeness (QED) is 0.644. The number of benzene rings is 1. The molecule has 0 aliphatic rings. The van der Waals surface area contributed by atoms with Crippen molar-refractivity contribution in [3.63, 3.8) is 0 Å². The molecule has 1 aromatic carbocycles. The van der Waals surface area contributed by atoms with E-state index in [2.05, 4.69) is 21.4 Å². The summed E-state index contributed by atoms with van der Waals surface area (Å²) in [6.45, 7) is 4.50. The van der Waals surface area contributed by atoms with Crippen LogP contribution in [0, 0.1) is 5.92 Å². The average molecular weight is 328 g/mol. The van der Waals surface area contributed by atoms with Crippen LogP contribution in [-0.2, 0) is 9.63 Å². The highest BCUT2D eigenvalue weighted by Gasteiger charge is 2.02. The maximum atomic E-state index is 11.5. The highest BCUT2D eigenvalue weighted by molar-refractivity contribution is 9.10. The predicted molar refractivity (Wildman–Crippen MR) is 78.7 cm³/mol. The van der Waals surface area contributed by atoms with Crippen LogP contribution in [0.2, 0.25) is 0 Å². The highest BCUT2D eigenvalue weighted by atomic mass is 79.9. The molecule has 0 fully saturated rings. The van der Waals surface area contributed by atoms with Gasteiger partial charge in [-0.3, -0.25) is 9.63 Å². The highest BCUT2D eigenvalue weighted by Crippen LogP contribution is 2.23. The normalized spacial score (nSPS) is 11.0. The molecule has 0 aliphatic carbocycles. The Morgan fingerprint density at radius 3 is 2.84 bits per heavy atom. The zero-order chi connectivity index (χ0) is 14.3. The van der Waals surface area contributed by atoms with Gasteiger partial charge in [0, 0.05) is 16.1 Å². The Hall–Kier alpha value is -1.33. The zero-order valence-electron chi connectivity index (χ0n) is 11.3. The molecule has 0 saturated heterocycles. The summed E-state index contributed by atoms with van der Waals surface area (Å²) in [5, 5.41) is 0. The first-order valence-corrected chi connectivity index (χ1v) is 6.75. The smallest absolute Gasteiger partial charge is 0.267 e. The molecule has 4 nitrogen and oxygen atoms in total. The molecule has 0 heterocycles. The molecule has 0 radical (unpaired) electrons. The number of nitrogens with one attached hydrogen (secondary N) is 1. The zero-order valence-corrected chi connectivity index (χ0v) is 12.9. The van der Waals surface area contributed by atoms with Crippen LogP contribution < -0.4 is 10.2 Å². The van der Waals surface area contributed by atoms with E-state index in [-0.39, 0.29) is 5.91 Å². The molecule has 0 atom stereocenters. The largest absolute Gasteiger partial charge is 0.496 e. The number of carbonyl (C=O) groups excluding carboxylic acids is 1. The lowest BCUT2D eigenvalue weighted by Gasteiger charge is -2.06. The van der Waals surface area contributed by atoms with Crippen molar-refractivity contribution in [1.29, 1.82) is 0 Å². The summed E-state index contributed by atoms with van der Waals surface area (Å²) in [6, 6.07) is 5.58. The molecule has 1 N–H and O–H groups in total. The number of carbonyl (C=O) groups is 1. The molecule has 0 aromatic heterocycles. The molecule has 1 rings (SSSR count). The minimum atomic E-state index is -0.303. The van der Waals surface area contributed by atoms with Gasteiger partial charge in [0.15, 0.2) is 0 Å². The fraction of sp³-hybridized carbons (Fsp3) is 0.357. The lowest BCUT2D eigenvalue weighted by atomic mass is 10.2. The Morgan fingerprint density at radius 1 is 1.47 bits per heavy atom. The first-order chi connectivity index (χ1) is 9.02. The van der Waals surface area contributed by atoms with Gasteiger partial charge in [-0.1, -0.05) is 29.8 Å². The van der Waals surface area contributed by atoms with E-state index < -0.39 is 0 Å². The molecule has 5 heteroatoms. The van der Waals surface area contributed by atoms with Crippen LogP contribution in [0.25, 0.3) is 6.08 Å². The van der Waals surface area contributed by atoms with Crippen LogP contribution in [0.4, 0.5) is 0 Å². The molecule has 19 heavy (non-hydrogen) atoms. The minimum Gasteiger partial charge on any atom is -0.496 e. The minimum absolute atomic E-state index is 0.303. The fourth-order valence-corrected chi connectivity index (χ4v) is 1.69. The van der Waals surface area contributed by atoms with Gasteiger partial charge in [-0.15, -0.1) is 0 Å². The number of hydrogen-bond donors (Lipinski definition) is 1. The van der Waals surface area contributed by atoms with Crippen LogP contribution in [-0.4, -0.2) is 19.6 Å². The maximum Gasteiger partial charge on any atom is 0.267 e. The Kier molecular flexibility index (Phi) is 6.59. The first kappa shape index (κ1) is 15.7. The van der Waals surface area contributed by atoms with Gasteiger partial charge >= 0.3 is 0 Å². The van der Waals surface area contributed by atoms with Crippen molar-refractivity contribution in [2.75, 3.05) is 13.7 Å². The number of hydroxylamine groups is 1. The molecular weight excluding hydrogens is 310 g/mol. The van der Waals surface area contributed by atoms with Crippen molar-refractivity contribution in [2.45, 2.75) is 13.8 Å². The first-order valence-electron chi connectivity index (χ1n) is 5.96. The third-order valence-corrected chi connectivity index (χ3v) is 2.69. The predicted octanol–water partition coefficient (Wildman–Crippen LogP) is 3.17. The second-order valence-electron chi connectivity index (χ2n) is 4.39. The summed E-state index contributed by atoms with van der Waals surface area (Å²) in [7, 11) is 1.59. The summed E-state index contributed by atoms with van der Waals surface area (Å²) in [5.41, 5.74) is 3.17. The van der Waals surface area contributed by atoms with Gasteiger partial charge in [-0.05, 0) is 30.2 Å². The number of halogens is 1. The molecule has 0 bridgehead atoms. The van der Waals surface area contributed by atoms with E-state index in [9.17, 15) is 4.79 Å². The number of ether oxygens (including phenoxy) is 1. The van der Waals surface area contributed by atoms with Gasteiger partial charge in [0.2, 0.25) is 0 Å². The van der Waals surface area contributed by atoms with Crippen LogP contribution in [0.1, 0.15) is 19.4 Å². The van der Waals surface area contributed by atoms with Gasteiger partial charge in [0.1, 0.15) is 5.75 Å². The second-order valence-corrected chi connectivity index (χ2v) is 5.31. The van der Waals surface area contributed by atoms with Crippen LogP contribution >= 0.6 is 15.9 Å². The Labute approximate surface area is 121 Å². The average Bonchev–Trinajstić information content (AvgIpc) is 2.36. The van der Waals surface area contributed by atoms with Crippen LogP contribution in [0.3, 0.4) is 0 Å². The topological polar surface area (TPSA) is 47.6 Å². The summed E-state index contributed by atoms with van der Waals surface area (Å²) in [6.07, 6.45) is 3.09. The number of methoxy groups -OCH3 is 1. The van der Waals surface area contributed by atoms with Gasteiger partial charge < -0.3 is 4.74 Å². The van der Waals surface area contributed by atoms with E-state index >= 15 is 0 Å². The van der Waals surface area contributed by atoms with Gasteiger partial charge in [-0.25, -0.2) is 5.48 Å². The number of hydrogen-bond acceptors (Lipinski definition) is 3. The molecule has 0 saturated carbocycles. The summed E-state index contributed by atoms with van der Waals surface area (Å²) in [4.78, 5) is 16.5. The van der Waals surface area contributed by atoms with Crippen LogP contribution in [0.5, 0.6) is 5.75 Å². The maximum absolute atomic E-state index is 11.5. The lowest BCUT2D eigenvalue weighted by molar-refractivity contribution is -0.129. The molecule has 0 unspecified atom stereocenters. The SMILES string of the molecule is COc1ccc(Br)cc1/C=C/C(=O)NOCC(C)C. The molecule has 0 aliphatic heterocycles. The Balaban J connectivity index is 2.60. The van der Waals surface area contributed by atoms with E-state index in [4.69, 9.17) is 9.57 Å². The summed E-state index contributed by atoms with van der Waals surface area (Å²) in [5.74, 6) is 0.771. The molecule has 1 amide bonds. The fourth-order valence-electron chi connectivity index (χ4n) is 1.31. The van der Waals surface area contributed by atoms with Gasteiger partial charge in [0.25, 0.3) is 5.91 Å². The van der Waals surface area contributed by atoms with Crippen molar-refractivity contribution in [2.24, 2.45) is 5.92 Å². The van der Waals surface area contributed by atoms with Crippen LogP contribution in [0.15, 0.2) is 28.7 Å². The van der Waals surface area contributed by atoms with Crippen molar-refractivity contribution in [3.8, 4) is 5.75 Å². The van der Waals surface area contributed by atoms with Crippen molar-refractivity contribution in [3.05, 3.63) is 34.3 Å². The molecule has 0 spiro atoms. The van der Waals surface area contributed by atoms with E-state index in [0.717, 1.165) is 10.0 Å². The molecule has 1 aromatic rings. The van der Waals surface area contributed by atoms with Gasteiger partial charge in [0.05, 0.1) is 13.7 Å². The van der Waals surface area contributed by atoms with E-state index in [1.54, 1.807) is 13.2 Å². The molecule has 104 valence electrons. The lowest BCUT2D eigenvalue weighted by Crippen LogP contribution is -2.23. The third-order valence-electron chi connectivity index (χ3n) is 2.20. The summed E-state index contributed by atoms with van der Waals surface area (Å²) >= 11 is 3.38. The second kappa shape index (κ2) is 7.96.